The number of para-hydroxylation sites is 1. The largest absolute Gasteiger partial charge is 0.493 e. The Labute approximate surface area is 129 Å². The predicted octanol–water partition coefficient (Wildman–Crippen LogP) is 3.30. The van der Waals surface area contributed by atoms with Gasteiger partial charge < -0.3 is 15.0 Å². The molecule has 0 bridgehead atoms. The second-order valence-electron chi connectivity index (χ2n) is 6.38. The van der Waals surface area contributed by atoms with Gasteiger partial charge in [0.1, 0.15) is 5.75 Å². The molecule has 0 unspecified atom stereocenters. The number of hydrogen-bond acceptors (Lipinski definition) is 3. The zero-order chi connectivity index (χ0) is 14.9. The van der Waals surface area contributed by atoms with Gasteiger partial charge in [0.25, 0.3) is 0 Å². The molecule has 118 valence electrons. The lowest BCUT2D eigenvalue weighted by Gasteiger charge is -2.16. The molecule has 0 spiro atoms. The van der Waals surface area contributed by atoms with Crippen molar-refractivity contribution in [3.05, 3.63) is 29.8 Å². The van der Waals surface area contributed by atoms with E-state index in [0.717, 1.165) is 31.9 Å². The smallest absolute Gasteiger partial charge is 0.123 e. The zero-order valence-corrected chi connectivity index (χ0v) is 13.6. The molecular weight excluding hydrogens is 260 g/mol. The van der Waals surface area contributed by atoms with Crippen LogP contribution in [0.5, 0.6) is 5.75 Å². The number of ether oxygens (including phenoxy) is 1. The third kappa shape index (κ3) is 6.06. The monoisotopic (exact) mass is 290 g/mol. The molecule has 1 aromatic carbocycles. The number of hydrogen-bond donors (Lipinski definition) is 1. The maximum absolute atomic E-state index is 5.99. The van der Waals surface area contributed by atoms with Crippen molar-refractivity contribution in [3.63, 3.8) is 0 Å². The molecule has 0 saturated carbocycles. The average molecular weight is 290 g/mol. The summed E-state index contributed by atoms with van der Waals surface area (Å²) in [5.74, 6) is 1.72. The van der Waals surface area contributed by atoms with E-state index in [0.29, 0.717) is 5.92 Å². The predicted molar refractivity (Wildman–Crippen MR) is 88.8 cm³/mol. The van der Waals surface area contributed by atoms with Crippen LogP contribution in [0.1, 0.15) is 38.7 Å². The van der Waals surface area contributed by atoms with Crippen LogP contribution in [0.4, 0.5) is 0 Å². The first-order chi connectivity index (χ1) is 10.3. The lowest BCUT2D eigenvalue weighted by molar-refractivity contribution is 0.261. The number of likely N-dealkylation sites (tertiary alicyclic amines) is 1. The van der Waals surface area contributed by atoms with Crippen molar-refractivity contribution in [1.29, 1.82) is 0 Å². The molecule has 1 aliphatic rings. The van der Waals surface area contributed by atoms with Gasteiger partial charge in [-0.1, -0.05) is 32.0 Å². The third-order valence-corrected chi connectivity index (χ3v) is 3.92. The molecule has 1 N–H and O–H groups in total. The number of benzene rings is 1. The minimum atomic E-state index is 0.679. The van der Waals surface area contributed by atoms with Gasteiger partial charge in [0, 0.05) is 18.7 Å². The molecule has 0 radical (unpaired) electrons. The molecule has 1 aliphatic heterocycles. The van der Waals surface area contributed by atoms with Crippen LogP contribution in [-0.4, -0.2) is 37.7 Å². The van der Waals surface area contributed by atoms with Crippen molar-refractivity contribution >= 4 is 0 Å². The maximum atomic E-state index is 5.99. The summed E-state index contributed by atoms with van der Waals surface area (Å²) in [5.41, 5.74) is 1.26. The van der Waals surface area contributed by atoms with Crippen LogP contribution >= 0.6 is 0 Å². The molecule has 3 nitrogen and oxygen atoms in total. The molecular formula is C18H30N2O. The highest BCUT2D eigenvalue weighted by atomic mass is 16.5. The lowest BCUT2D eigenvalue weighted by Crippen LogP contribution is -2.22. The quantitative estimate of drug-likeness (QED) is 0.706. The molecule has 21 heavy (non-hydrogen) atoms. The summed E-state index contributed by atoms with van der Waals surface area (Å²) in [6.07, 6.45) is 3.85. The van der Waals surface area contributed by atoms with Crippen LogP contribution in [0.15, 0.2) is 24.3 Å². The van der Waals surface area contributed by atoms with Gasteiger partial charge in [-0.25, -0.2) is 0 Å². The summed E-state index contributed by atoms with van der Waals surface area (Å²) >= 11 is 0. The first-order valence-corrected chi connectivity index (χ1v) is 8.39. The fourth-order valence-electron chi connectivity index (χ4n) is 2.76. The van der Waals surface area contributed by atoms with Crippen molar-refractivity contribution in [1.82, 2.24) is 10.2 Å². The summed E-state index contributed by atoms with van der Waals surface area (Å²) in [5, 5.41) is 3.49. The summed E-state index contributed by atoms with van der Waals surface area (Å²) in [4.78, 5) is 2.54. The highest BCUT2D eigenvalue weighted by Crippen LogP contribution is 2.18. The Balaban J connectivity index is 1.71. The fourth-order valence-corrected chi connectivity index (χ4v) is 2.76. The van der Waals surface area contributed by atoms with E-state index < -0.39 is 0 Å². The van der Waals surface area contributed by atoms with Gasteiger partial charge >= 0.3 is 0 Å². The number of nitrogens with zero attached hydrogens (tertiary/aromatic N) is 1. The minimum Gasteiger partial charge on any atom is -0.493 e. The molecule has 0 atom stereocenters. The van der Waals surface area contributed by atoms with E-state index in [2.05, 4.69) is 48.3 Å². The molecule has 0 aromatic heterocycles. The van der Waals surface area contributed by atoms with Gasteiger partial charge in [-0.05, 0) is 50.9 Å². The topological polar surface area (TPSA) is 24.5 Å². The maximum Gasteiger partial charge on any atom is 0.123 e. The number of rotatable bonds is 9. The second kappa shape index (κ2) is 9.06. The summed E-state index contributed by atoms with van der Waals surface area (Å²) in [7, 11) is 0. The summed E-state index contributed by atoms with van der Waals surface area (Å²) < 4.78 is 5.99. The third-order valence-electron chi connectivity index (χ3n) is 3.92. The fraction of sp³-hybridized carbons (Fsp3) is 0.667. The first kappa shape index (κ1) is 16.3. The van der Waals surface area contributed by atoms with E-state index >= 15 is 0 Å². The summed E-state index contributed by atoms with van der Waals surface area (Å²) in [6.45, 7) is 10.9. The highest BCUT2D eigenvalue weighted by Gasteiger charge is 2.10. The van der Waals surface area contributed by atoms with Crippen LogP contribution in [-0.2, 0) is 6.54 Å². The normalized spacial score (nSPS) is 15.8. The SMILES string of the molecule is CC(C)CNCc1ccccc1OCCCN1CCCC1. The molecule has 0 amide bonds. The molecule has 1 aromatic rings. The molecule has 1 saturated heterocycles. The van der Waals surface area contributed by atoms with E-state index in [4.69, 9.17) is 4.74 Å². The average Bonchev–Trinajstić information content (AvgIpc) is 2.98. The van der Waals surface area contributed by atoms with Crippen LogP contribution < -0.4 is 10.1 Å². The standard InChI is InChI=1S/C18H30N2O/c1-16(2)14-19-15-17-8-3-4-9-18(17)21-13-7-12-20-10-5-6-11-20/h3-4,8-9,16,19H,5-7,10-15H2,1-2H3. The van der Waals surface area contributed by atoms with Crippen molar-refractivity contribution in [3.8, 4) is 5.75 Å². The van der Waals surface area contributed by atoms with Crippen molar-refractivity contribution in [2.75, 3.05) is 32.8 Å². The van der Waals surface area contributed by atoms with Crippen molar-refractivity contribution in [2.45, 2.75) is 39.7 Å². The first-order valence-electron chi connectivity index (χ1n) is 8.39. The summed E-state index contributed by atoms with van der Waals surface area (Å²) in [6, 6.07) is 8.39. The van der Waals surface area contributed by atoms with Crippen LogP contribution in [0.3, 0.4) is 0 Å². The Morgan fingerprint density at radius 2 is 1.95 bits per heavy atom. The van der Waals surface area contributed by atoms with Gasteiger partial charge in [-0.3, -0.25) is 0 Å². The molecule has 0 aliphatic carbocycles. The van der Waals surface area contributed by atoms with Gasteiger partial charge in [-0.2, -0.15) is 0 Å². The van der Waals surface area contributed by atoms with E-state index in [1.807, 2.05) is 0 Å². The minimum absolute atomic E-state index is 0.679. The molecule has 1 heterocycles. The molecule has 1 fully saturated rings. The Morgan fingerprint density at radius 3 is 2.71 bits per heavy atom. The molecule has 2 rings (SSSR count). The van der Waals surface area contributed by atoms with Gasteiger partial charge in [0.05, 0.1) is 6.61 Å². The van der Waals surface area contributed by atoms with Gasteiger partial charge in [0.15, 0.2) is 0 Å². The van der Waals surface area contributed by atoms with E-state index in [1.165, 1.54) is 38.0 Å². The van der Waals surface area contributed by atoms with Crippen molar-refractivity contribution in [2.24, 2.45) is 5.92 Å². The molecule has 3 heteroatoms. The Morgan fingerprint density at radius 1 is 1.19 bits per heavy atom. The Kier molecular flexibility index (Phi) is 7.04. The van der Waals surface area contributed by atoms with E-state index in [-0.39, 0.29) is 0 Å². The van der Waals surface area contributed by atoms with E-state index in [9.17, 15) is 0 Å². The highest BCUT2D eigenvalue weighted by molar-refractivity contribution is 5.33. The van der Waals surface area contributed by atoms with Gasteiger partial charge in [-0.15, -0.1) is 0 Å². The lowest BCUT2D eigenvalue weighted by atomic mass is 10.2. The van der Waals surface area contributed by atoms with Crippen LogP contribution in [0, 0.1) is 5.92 Å². The zero-order valence-electron chi connectivity index (χ0n) is 13.6. The van der Waals surface area contributed by atoms with E-state index in [1.54, 1.807) is 0 Å². The van der Waals surface area contributed by atoms with Gasteiger partial charge in [0.2, 0.25) is 0 Å². The van der Waals surface area contributed by atoms with Crippen LogP contribution in [0.25, 0.3) is 0 Å². The Bertz CT molecular complexity index is 400. The Hall–Kier alpha value is -1.06. The van der Waals surface area contributed by atoms with Crippen molar-refractivity contribution < 1.29 is 4.74 Å². The number of nitrogens with one attached hydrogen (secondary N) is 1. The van der Waals surface area contributed by atoms with Crippen LogP contribution in [0.2, 0.25) is 0 Å². The second-order valence-corrected chi connectivity index (χ2v) is 6.38.